The fourth-order valence-corrected chi connectivity index (χ4v) is 3.92. The maximum atomic E-state index is 3.62. The van der Waals surface area contributed by atoms with Gasteiger partial charge in [0.15, 0.2) is 0 Å². The van der Waals surface area contributed by atoms with Crippen LogP contribution in [-0.4, -0.2) is 13.1 Å². The van der Waals surface area contributed by atoms with Crippen molar-refractivity contribution >= 4 is 0 Å². The number of rotatable bonds is 5. The predicted octanol–water partition coefficient (Wildman–Crippen LogP) is 4.65. The molecule has 112 valence electrons. The van der Waals surface area contributed by atoms with E-state index in [0.29, 0.717) is 6.04 Å². The average Bonchev–Trinajstić information content (AvgIpc) is 2.48. The van der Waals surface area contributed by atoms with E-state index in [-0.39, 0.29) is 0 Å². The molecule has 1 N–H and O–H groups in total. The molecule has 0 radical (unpaired) electrons. The summed E-state index contributed by atoms with van der Waals surface area (Å²) < 4.78 is 0. The van der Waals surface area contributed by atoms with E-state index in [4.69, 9.17) is 0 Å². The van der Waals surface area contributed by atoms with Gasteiger partial charge < -0.3 is 5.32 Å². The Balaban J connectivity index is 2.09. The lowest BCUT2D eigenvalue weighted by Gasteiger charge is -2.37. The Morgan fingerprint density at radius 2 is 1.90 bits per heavy atom. The molecule has 1 fully saturated rings. The minimum Gasteiger partial charge on any atom is -0.316 e. The maximum absolute atomic E-state index is 3.62. The van der Waals surface area contributed by atoms with Gasteiger partial charge in [-0.1, -0.05) is 50.8 Å². The van der Waals surface area contributed by atoms with Gasteiger partial charge in [-0.05, 0) is 62.3 Å². The van der Waals surface area contributed by atoms with E-state index in [1.54, 1.807) is 0 Å². The van der Waals surface area contributed by atoms with Crippen LogP contribution in [0.25, 0.3) is 0 Å². The van der Waals surface area contributed by atoms with Crippen molar-refractivity contribution in [3.05, 3.63) is 34.9 Å². The zero-order valence-electron chi connectivity index (χ0n) is 13.7. The van der Waals surface area contributed by atoms with E-state index in [9.17, 15) is 0 Å². The normalized spacial score (nSPS) is 24.6. The van der Waals surface area contributed by atoms with Gasteiger partial charge >= 0.3 is 0 Å². The van der Waals surface area contributed by atoms with Crippen molar-refractivity contribution in [1.82, 2.24) is 5.32 Å². The molecule has 0 aromatic heterocycles. The lowest BCUT2D eigenvalue weighted by atomic mass is 9.72. The Kier molecular flexibility index (Phi) is 5.65. The second-order valence-electron chi connectivity index (χ2n) is 6.63. The molecule has 0 heterocycles. The van der Waals surface area contributed by atoms with Crippen LogP contribution in [0.5, 0.6) is 0 Å². The van der Waals surface area contributed by atoms with Gasteiger partial charge in [-0.15, -0.1) is 0 Å². The van der Waals surface area contributed by atoms with Gasteiger partial charge in [-0.25, -0.2) is 0 Å². The van der Waals surface area contributed by atoms with Crippen LogP contribution < -0.4 is 5.32 Å². The Labute approximate surface area is 125 Å². The lowest BCUT2D eigenvalue weighted by molar-refractivity contribution is 0.179. The third-order valence-corrected chi connectivity index (χ3v) is 5.41. The molecule has 1 aliphatic rings. The van der Waals surface area contributed by atoms with E-state index >= 15 is 0 Å². The number of aryl methyl sites for hydroxylation is 2. The summed E-state index contributed by atoms with van der Waals surface area (Å²) in [5, 5.41) is 3.62. The Hall–Kier alpha value is -0.820. The molecule has 0 bridgehead atoms. The molecule has 0 aliphatic heterocycles. The molecule has 2 rings (SSSR count). The van der Waals surface area contributed by atoms with Crippen molar-refractivity contribution in [2.45, 2.75) is 65.3 Å². The van der Waals surface area contributed by atoms with Crippen LogP contribution in [0.3, 0.4) is 0 Å². The second-order valence-corrected chi connectivity index (χ2v) is 6.63. The smallest absolute Gasteiger partial charge is 0.0135 e. The predicted molar refractivity (Wildman–Crippen MR) is 88.2 cm³/mol. The van der Waals surface area contributed by atoms with Crippen molar-refractivity contribution in [1.29, 1.82) is 0 Å². The molecule has 0 spiro atoms. The van der Waals surface area contributed by atoms with Gasteiger partial charge in [0.2, 0.25) is 0 Å². The van der Waals surface area contributed by atoms with E-state index in [2.05, 4.69) is 51.3 Å². The zero-order chi connectivity index (χ0) is 14.5. The van der Waals surface area contributed by atoms with Crippen LogP contribution in [0, 0.1) is 25.7 Å². The number of likely N-dealkylation sites (N-methyl/N-ethyl adjacent to an activating group) is 1. The minimum absolute atomic E-state index is 0.641. The highest BCUT2D eigenvalue weighted by atomic mass is 14.9. The summed E-state index contributed by atoms with van der Waals surface area (Å²) in [6.07, 6.45) is 8.23. The fraction of sp³-hybridized carbons (Fsp3) is 0.684. The third kappa shape index (κ3) is 3.63. The molecule has 3 unspecified atom stereocenters. The number of nitrogens with one attached hydrogen (secondary N) is 1. The molecule has 0 saturated heterocycles. The summed E-state index contributed by atoms with van der Waals surface area (Å²) >= 11 is 0. The van der Waals surface area contributed by atoms with Crippen LogP contribution in [-0.2, 0) is 6.42 Å². The molecule has 20 heavy (non-hydrogen) atoms. The number of benzene rings is 1. The van der Waals surface area contributed by atoms with Crippen LogP contribution in [0.15, 0.2) is 18.2 Å². The molecular formula is C19H31N. The molecule has 1 heteroatoms. The highest BCUT2D eigenvalue weighted by Gasteiger charge is 2.29. The molecule has 1 aromatic rings. The molecule has 0 amide bonds. The van der Waals surface area contributed by atoms with Crippen LogP contribution in [0.2, 0.25) is 0 Å². The largest absolute Gasteiger partial charge is 0.316 e. The van der Waals surface area contributed by atoms with Gasteiger partial charge in [0.25, 0.3) is 0 Å². The van der Waals surface area contributed by atoms with Gasteiger partial charge in [-0.3, -0.25) is 0 Å². The number of hydrogen-bond acceptors (Lipinski definition) is 1. The lowest BCUT2D eigenvalue weighted by Crippen LogP contribution is -2.40. The topological polar surface area (TPSA) is 12.0 Å². The minimum atomic E-state index is 0.641. The van der Waals surface area contributed by atoms with E-state index in [0.717, 1.165) is 11.8 Å². The monoisotopic (exact) mass is 273 g/mol. The van der Waals surface area contributed by atoms with Crippen molar-refractivity contribution < 1.29 is 0 Å². The Bertz CT molecular complexity index is 424. The SMILES string of the molecule is CCC1CCCCC1C(Cc1ccc(C)c(C)c1)NC. The first-order valence-electron chi connectivity index (χ1n) is 8.39. The average molecular weight is 273 g/mol. The fourth-order valence-electron chi connectivity index (χ4n) is 3.92. The van der Waals surface area contributed by atoms with Crippen molar-refractivity contribution in [3.63, 3.8) is 0 Å². The second kappa shape index (κ2) is 7.26. The zero-order valence-corrected chi connectivity index (χ0v) is 13.7. The van der Waals surface area contributed by atoms with Gasteiger partial charge in [0.1, 0.15) is 0 Å². The van der Waals surface area contributed by atoms with Crippen molar-refractivity contribution in [2.75, 3.05) is 7.05 Å². The highest BCUT2D eigenvalue weighted by Crippen LogP contribution is 2.35. The van der Waals surface area contributed by atoms with Crippen LogP contribution in [0.4, 0.5) is 0 Å². The number of hydrogen-bond donors (Lipinski definition) is 1. The highest BCUT2D eigenvalue weighted by molar-refractivity contribution is 5.30. The first-order valence-corrected chi connectivity index (χ1v) is 8.39. The first kappa shape index (κ1) is 15.6. The van der Waals surface area contributed by atoms with E-state index in [1.807, 2.05) is 0 Å². The van der Waals surface area contributed by atoms with Gasteiger partial charge in [-0.2, -0.15) is 0 Å². The Morgan fingerprint density at radius 1 is 1.15 bits per heavy atom. The summed E-state index contributed by atoms with van der Waals surface area (Å²) in [6.45, 7) is 6.79. The molecular weight excluding hydrogens is 242 g/mol. The maximum Gasteiger partial charge on any atom is 0.0135 e. The van der Waals surface area contributed by atoms with Crippen LogP contribution in [0.1, 0.15) is 55.7 Å². The summed E-state index contributed by atoms with van der Waals surface area (Å²) in [4.78, 5) is 0. The summed E-state index contributed by atoms with van der Waals surface area (Å²) in [7, 11) is 2.15. The van der Waals surface area contributed by atoms with Crippen molar-refractivity contribution in [2.24, 2.45) is 11.8 Å². The quantitative estimate of drug-likeness (QED) is 0.823. The molecule has 1 nitrogen and oxygen atoms in total. The van der Waals surface area contributed by atoms with Gasteiger partial charge in [0.05, 0.1) is 0 Å². The van der Waals surface area contributed by atoms with E-state index in [1.165, 1.54) is 55.2 Å². The molecule has 1 saturated carbocycles. The Morgan fingerprint density at radius 3 is 2.55 bits per heavy atom. The van der Waals surface area contributed by atoms with Crippen molar-refractivity contribution in [3.8, 4) is 0 Å². The summed E-state index contributed by atoms with van der Waals surface area (Å²) in [5.41, 5.74) is 4.32. The molecule has 3 atom stereocenters. The molecule has 1 aliphatic carbocycles. The van der Waals surface area contributed by atoms with Gasteiger partial charge in [0, 0.05) is 6.04 Å². The standard InChI is InChI=1S/C19H31N/c1-5-17-8-6-7-9-18(17)19(20-4)13-16-11-10-14(2)15(3)12-16/h10-12,17-20H,5-9,13H2,1-4H3. The van der Waals surface area contributed by atoms with Crippen LogP contribution >= 0.6 is 0 Å². The summed E-state index contributed by atoms with van der Waals surface area (Å²) in [6, 6.07) is 7.61. The van der Waals surface area contributed by atoms with E-state index < -0.39 is 0 Å². The first-order chi connectivity index (χ1) is 9.65. The third-order valence-electron chi connectivity index (χ3n) is 5.41. The summed E-state index contributed by atoms with van der Waals surface area (Å²) in [5.74, 6) is 1.79. The molecule has 1 aromatic carbocycles.